The molecule has 2 amide bonds. The van der Waals surface area contributed by atoms with Crippen LogP contribution in [0.5, 0.6) is 0 Å². The molecule has 0 radical (unpaired) electrons. The van der Waals surface area contributed by atoms with E-state index >= 15 is 0 Å². The number of aromatic nitrogens is 1. The summed E-state index contributed by atoms with van der Waals surface area (Å²) in [6, 6.07) is 5.32. The first-order valence-electron chi connectivity index (χ1n) is 7.35. The zero-order chi connectivity index (χ0) is 16.5. The number of amides is 2. The third-order valence-corrected chi connectivity index (χ3v) is 5.61. The Balaban J connectivity index is 1.48. The highest BCUT2D eigenvalue weighted by Crippen LogP contribution is 2.29. The summed E-state index contributed by atoms with van der Waals surface area (Å²) < 4.78 is 4.91. The fraction of sp³-hybridized carbons (Fsp3) is 0.188. The Labute approximate surface area is 145 Å². The summed E-state index contributed by atoms with van der Waals surface area (Å²) in [5.74, 6) is -0.200. The minimum Gasteiger partial charge on any atom is -0.472 e. The minimum atomic E-state index is -0.249. The van der Waals surface area contributed by atoms with Crippen molar-refractivity contribution in [1.29, 1.82) is 0 Å². The number of thiazole rings is 1. The van der Waals surface area contributed by atoms with Crippen LogP contribution in [0.4, 0.5) is 5.13 Å². The van der Waals surface area contributed by atoms with E-state index in [1.54, 1.807) is 6.07 Å². The van der Waals surface area contributed by atoms with Crippen LogP contribution < -0.4 is 5.32 Å². The molecule has 0 fully saturated rings. The average Bonchev–Trinajstić information content (AvgIpc) is 3.32. The molecular weight excluding hydrogens is 346 g/mol. The molecule has 4 heterocycles. The van der Waals surface area contributed by atoms with Crippen LogP contribution in [0.25, 0.3) is 0 Å². The van der Waals surface area contributed by atoms with Gasteiger partial charge in [-0.15, -0.1) is 11.3 Å². The highest BCUT2D eigenvalue weighted by molar-refractivity contribution is 7.16. The monoisotopic (exact) mass is 359 g/mol. The third-order valence-electron chi connectivity index (χ3n) is 3.75. The van der Waals surface area contributed by atoms with Gasteiger partial charge >= 0.3 is 0 Å². The van der Waals surface area contributed by atoms with Crippen molar-refractivity contribution in [2.45, 2.75) is 13.0 Å². The van der Waals surface area contributed by atoms with Gasteiger partial charge in [-0.3, -0.25) is 14.9 Å². The highest BCUT2D eigenvalue weighted by atomic mass is 32.1. The second kappa shape index (κ2) is 6.21. The summed E-state index contributed by atoms with van der Waals surface area (Å²) in [6.07, 6.45) is 3.55. The standard InChI is InChI=1S/C16H13N3O3S2/c20-14(10-4-6-22-9-10)18-16-17-11-3-5-19(8-13(11)24-16)15(21)12-2-1-7-23-12/h1-2,4,6-7,9H,3,5,8H2,(H,17,18,20). The van der Waals surface area contributed by atoms with Crippen LogP contribution in [0.3, 0.4) is 0 Å². The summed E-state index contributed by atoms with van der Waals surface area (Å²) in [7, 11) is 0. The van der Waals surface area contributed by atoms with E-state index in [1.165, 1.54) is 35.2 Å². The molecule has 24 heavy (non-hydrogen) atoms. The molecule has 122 valence electrons. The topological polar surface area (TPSA) is 75.4 Å². The zero-order valence-corrected chi connectivity index (χ0v) is 14.2. The number of nitrogens with one attached hydrogen (secondary N) is 1. The van der Waals surface area contributed by atoms with Crippen molar-refractivity contribution >= 4 is 39.6 Å². The van der Waals surface area contributed by atoms with Gasteiger partial charge in [0, 0.05) is 17.8 Å². The van der Waals surface area contributed by atoms with E-state index in [2.05, 4.69) is 10.3 Å². The Kier molecular flexibility index (Phi) is 3.91. The number of rotatable bonds is 3. The molecule has 0 unspecified atom stereocenters. The van der Waals surface area contributed by atoms with Gasteiger partial charge in [0.25, 0.3) is 11.8 Å². The summed E-state index contributed by atoms with van der Waals surface area (Å²) in [5, 5.41) is 5.23. The van der Waals surface area contributed by atoms with Gasteiger partial charge in [-0.1, -0.05) is 17.4 Å². The number of nitrogens with zero attached hydrogens (tertiary/aromatic N) is 2. The molecule has 0 saturated heterocycles. The fourth-order valence-corrected chi connectivity index (χ4v) is 4.25. The predicted molar refractivity (Wildman–Crippen MR) is 91.5 cm³/mol. The van der Waals surface area contributed by atoms with Crippen molar-refractivity contribution in [3.8, 4) is 0 Å². The Morgan fingerprint density at radius 1 is 1.33 bits per heavy atom. The van der Waals surface area contributed by atoms with E-state index in [0.29, 0.717) is 30.2 Å². The van der Waals surface area contributed by atoms with Gasteiger partial charge < -0.3 is 9.32 Å². The highest BCUT2D eigenvalue weighted by Gasteiger charge is 2.25. The van der Waals surface area contributed by atoms with Gasteiger partial charge in [0.1, 0.15) is 6.26 Å². The zero-order valence-electron chi connectivity index (χ0n) is 12.5. The summed E-state index contributed by atoms with van der Waals surface area (Å²) >= 11 is 2.86. The largest absolute Gasteiger partial charge is 0.472 e. The van der Waals surface area contributed by atoms with Gasteiger partial charge in [0.2, 0.25) is 0 Å². The normalized spacial score (nSPS) is 13.6. The molecule has 6 nitrogen and oxygen atoms in total. The SMILES string of the molecule is O=C(Nc1nc2c(s1)CN(C(=O)c1cccs1)CC2)c1ccoc1. The van der Waals surface area contributed by atoms with Crippen LogP contribution in [0.15, 0.2) is 40.5 Å². The second-order valence-electron chi connectivity index (χ2n) is 5.31. The molecule has 3 aromatic heterocycles. The molecule has 8 heteroatoms. The van der Waals surface area contributed by atoms with Gasteiger partial charge in [0.15, 0.2) is 5.13 Å². The third kappa shape index (κ3) is 2.85. The smallest absolute Gasteiger partial charge is 0.264 e. The van der Waals surface area contributed by atoms with Crippen molar-refractivity contribution in [1.82, 2.24) is 9.88 Å². The maximum Gasteiger partial charge on any atom is 0.264 e. The molecule has 0 atom stereocenters. The van der Waals surface area contributed by atoms with Crippen LogP contribution in [0.1, 0.15) is 30.6 Å². The van der Waals surface area contributed by atoms with E-state index < -0.39 is 0 Å². The van der Waals surface area contributed by atoms with Crippen LogP contribution in [-0.2, 0) is 13.0 Å². The molecule has 1 aliphatic heterocycles. The Bertz CT molecular complexity index is 869. The number of thiophene rings is 1. The number of carbonyl (C=O) groups excluding carboxylic acids is 2. The number of anilines is 1. The van der Waals surface area contributed by atoms with Crippen molar-refractivity contribution < 1.29 is 14.0 Å². The van der Waals surface area contributed by atoms with Gasteiger partial charge in [-0.05, 0) is 17.5 Å². The maximum absolute atomic E-state index is 12.5. The number of furan rings is 1. The Hall–Kier alpha value is -2.45. The molecule has 3 aromatic rings. The molecule has 0 saturated carbocycles. The average molecular weight is 359 g/mol. The lowest BCUT2D eigenvalue weighted by Crippen LogP contribution is -2.35. The van der Waals surface area contributed by atoms with E-state index in [9.17, 15) is 9.59 Å². The number of hydrogen-bond donors (Lipinski definition) is 1. The number of fused-ring (bicyclic) bond motifs is 1. The van der Waals surface area contributed by atoms with Crippen LogP contribution in [0, 0.1) is 0 Å². The second-order valence-corrected chi connectivity index (χ2v) is 7.34. The van der Waals surface area contributed by atoms with E-state index in [4.69, 9.17) is 4.42 Å². The molecule has 0 spiro atoms. The molecule has 4 rings (SSSR count). The van der Waals surface area contributed by atoms with Crippen molar-refractivity contribution in [2.75, 3.05) is 11.9 Å². The lowest BCUT2D eigenvalue weighted by Gasteiger charge is -2.25. The van der Waals surface area contributed by atoms with Crippen molar-refractivity contribution in [3.63, 3.8) is 0 Å². The minimum absolute atomic E-state index is 0.0491. The Morgan fingerprint density at radius 3 is 3.00 bits per heavy atom. The number of hydrogen-bond acceptors (Lipinski definition) is 6. The molecule has 0 aromatic carbocycles. The van der Waals surface area contributed by atoms with E-state index in [1.807, 2.05) is 22.4 Å². The molecule has 1 aliphatic rings. The van der Waals surface area contributed by atoms with Gasteiger partial charge in [-0.25, -0.2) is 4.98 Å². The van der Waals surface area contributed by atoms with E-state index in [0.717, 1.165) is 15.4 Å². The molecular formula is C16H13N3O3S2. The Morgan fingerprint density at radius 2 is 2.25 bits per heavy atom. The molecule has 0 bridgehead atoms. The first kappa shape index (κ1) is 15.1. The number of carbonyl (C=O) groups is 2. The summed E-state index contributed by atoms with van der Waals surface area (Å²) in [5.41, 5.74) is 1.41. The summed E-state index contributed by atoms with van der Waals surface area (Å²) in [6.45, 7) is 1.17. The van der Waals surface area contributed by atoms with Gasteiger partial charge in [-0.2, -0.15) is 0 Å². The predicted octanol–water partition coefficient (Wildman–Crippen LogP) is 3.25. The first-order valence-corrected chi connectivity index (χ1v) is 9.05. The first-order chi connectivity index (χ1) is 11.7. The quantitative estimate of drug-likeness (QED) is 0.779. The van der Waals surface area contributed by atoms with Crippen molar-refractivity contribution in [3.05, 3.63) is 57.1 Å². The molecule has 0 aliphatic carbocycles. The van der Waals surface area contributed by atoms with Crippen LogP contribution in [0.2, 0.25) is 0 Å². The maximum atomic E-state index is 12.5. The van der Waals surface area contributed by atoms with E-state index in [-0.39, 0.29) is 11.8 Å². The van der Waals surface area contributed by atoms with Crippen LogP contribution >= 0.6 is 22.7 Å². The molecule has 1 N–H and O–H groups in total. The van der Waals surface area contributed by atoms with Crippen LogP contribution in [-0.4, -0.2) is 28.2 Å². The lowest BCUT2D eigenvalue weighted by atomic mass is 10.2. The fourth-order valence-electron chi connectivity index (χ4n) is 2.54. The lowest BCUT2D eigenvalue weighted by molar-refractivity contribution is 0.0741. The van der Waals surface area contributed by atoms with Gasteiger partial charge in [0.05, 0.1) is 28.9 Å². The summed E-state index contributed by atoms with van der Waals surface area (Å²) in [4.78, 5) is 32.6. The van der Waals surface area contributed by atoms with Crippen molar-refractivity contribution in [2.24, 2.45) is 0 Å².